The fourth-order valence-corrected chi connectivity index (χ4v) is 2.68. The summed E-state index contributed by atoms with van der Waals surface area (Å²) in [5, 5.41) is 9.31. The van der Waals surface area contributed by atoms with E-state index in [-0.39, 0.29) is 0 Å². The number of hydrogen-bond donors (Lipinski definition) is 1. The number of fused-ring (bicyclic) bond motifs is 1. The topological polar surface area (TPSA) is 20.2 Å². The van der Waals surface area contributed by atoms with Gasteiger partial charge >= 0.3 is 0 Å². The highest BCUT2D eigenvalue weighted by Crippen LogP contribution is 2.30. The lowest BCUT2D eigenvalue weighted by Gasteiger charge is -1.98. The second kappa shape index (κ2) is 5.45. The van der Waals surface area contributed by atoms with Gasteiger partial charge in [-0.3, -0.25) is 0 Å². The summed E-state index contributed by atoms with van der Waals surface area (Å²) in [7, 11) is 0. The van der Waals surface area contributed by atoms with E-state index >= 15 is 0 Å². The Morgan fingerprint density at radius 1 is 0.714 bits per heavy atom. The molecule has 0 spiro atoms. The fourth-order valence-electron chi connectivity index (χ4n) is 2.68. The number of benzene rings is 1. The molecule has 0 saturated carbocycles. The Hall–Kier alpha value is -2.54. The van der Waals surface area contributed by atoms with Crippen LogP contribution in [0.15, 0.2) is 54.6 Å². The maximum Gasteiger partial charge on any atom is 0.115 e. The maximum atomic E-state index is 9.31. The third-order valence-electron chi connectivity index (χ3n) is 3.79. The molecule has 0 amide bonds. The Labute approximate surface area is 125 Å². The molecule has 0 fully saturated rings. The van der Waals surface area contributed by atoms with Crippen molar-refractivity contribution in [3.63, 3.8) is 0 Å². The monoisotopic (exact) mass is 274 g/mol. The Morgan fingerprint density at radius 3 is 1.81 bits per heavy atom. The minimum atomic E-state index is 0.295. The SMILES string of the molecule is Cc1cc(/C=C/c2ccc(O)cc2)cc(C)c2cccc1-2. The highest BCUT2D eigenvalue weighted by Gasteiger charge is 2.07. The van der Waals surface area contributed by atoms with Crippen molar-refractivity contribution in [1.29, 1.82) is 0 Å². The van der Waals surface area contributed by atoms with Crippen LogP contribution < -0.4 is 0 Å². The molecule has 1 aromatic rings. The lowest BCUT2D eigenvalue weighted by atomic mass is 10.1. The molecular formula is C20H18O. The third-order valence-corrected chi connectivity index (χ3v) is 3.79. The van der Waals surface area contributed by atoms with E-state index in [1.165, 1.54) is 27.8 Å². The summed E-state index contributed by atoms with van der Waals surface area (Å²) >= 11 is 0. The molecule has 0 unspecified atom stereocenters. The smallest absolute Gasteiger partial charge is 0.115 e. The van der Waals surface area contributed by atoms with E-state index in [1.807, 2.05) is 12.1 Å². The molecule has 0 bridgehead atoms. The summed E-state index contributed by atoms with van der Waals surface area (Å²) in [5.41, 5.74) is 7.47. The van der Waals surface area contributed by atoms with Crippen LogP contribution >= 0.6 is 0 Å². The summed E-state index contributed by atoms with van der Waals surface area (Å²) < 4.78 is 0. The summed E-state index contributed by atoms with van der Waals surface area (Å²) in [6, 6.07) is 18.1. The van der Waals surface area contributed by atoms with E-state index in [9.17, 15) is 5.11 Å². The van der Waals surface area contributed by atoms with Crippen LogP contribution in [0.3, 0.4) is 0 Å². The van der Waals surface area contributed by atoms with Crippen molar-refractivity contribution in [2.45, 2.75) is 13.8 Å². The van der Waals surface area contributed by atoms with Gasteiger partial charge in [-0.25, -0.2) is 0 Å². The molecule has 0 heterocycles. The zero-order valence-electron chi connectivity index (χ0n) is 12.3. The van der Waals surface area contributed by atoms with Crippen LogP contribution in [0.25, 0.3) is 23.3 Å². The molecule has 0 radical (unpaired) electrons. The lowest BCUT2D eigenvalue weighted by molar-refractivity contribution is 0.475. The quantitative estimate of drug-likeness (QED) is 0.673. The van der Waals surface area contributed by atoms with Gasteiger partial charge in [0.15, 0.2) is 0 Å². The van der Waals surface area contributed by atoms with Gasteiger partial charge in [-0.15, -0.1) is 0 Å². The van der Waals surface area contributed by atoms with Crippen LogP contribution in [0.2, 0.25) is 0 Å². The average molecular weight is 274 g/mol. The fraction of sp³-hybridized carbons (Fsp3) is 0.100. The molecule has 21 heavy (non-hydrogen) atoms. The van der Waals surface area contributed by atoms with Crippen molar-refractivity contribution in [2.24, 2.45) is 0 Å². The molecular weight excluding hydrogens is 256 g/mol. The van der Waals surface area contributed by atoms with Crippen LogP contribution in [0.4, 0.5) is 0 Å². The first-order valence-electron chi connectivity index (χ1n) is 7.10. The Kier molecular flexibility index (Phi) is 3.49. The normalized spacial score (nSPS) is 11.3. The van der Waals surface area contributed by atoms with Gasteiger partial charge in [0, 0.05) is 0 Å². The minimum absolute atomic E-state index is 0.295. The summed E-state index contributed by atoms with van der Waals surface area (Å²) in [5.74, 6) is 0.295. The van der Waals surface area contributed by atoms with Crippen LogP contribution in [0.1, 0.15) is 22.3 Å². The van der Waals surface area contributed by atoms with Crippen molar-refractivity contribution in [2.75, 3.05) is 0 Å². The molecule has 2 aliphatic rings. The largest absolute Gasteiger partial charge is 0.508 e. The van der Waals surface area contributed by atoms with Crippen molar-refractivity contribution in [3.05, 3.63) is 76.9 Å². The Balaban J connectivity index is 2.01. The number of rotatable bonds is 2. The van der Waals surface area contributed by atoms with E-state index in [2.05, 4.69) is 56.3 Å². The predicted molar refractivity (Wildman–Crippen MR) is 89.6 cm³/mol. The minimum Gasteiger partial charge on any atom is -0.508 e. The first-order chi connectivity index (χ1) is 10.1. The number of hydrogen-bond acceptors (Lipinski definition) is 1. The van der Waals surface area contributed by atoms with Crippen molar-refractivity contribution >= 4 is 12.2 Å². The number of phenols is 1. The molecule has 0 aromatic heterocycles. The molecule has 1 N–H and O–H groups in total. The van der Waals surface area contributed by atoms with Gasteiger partial charge in [0.25, 0.3) is 0 Å². The highest BCUT2D eigenvalue weighted by atomic mass is 16.3. The Morgan fingerprint density at radius 2 is 1.24 bits per heavy atom. The standard InChI is InChI=1S/C20H18O/c1-14-12-17(7-6-16-8-10-18(21)11-9-16)13-15(2)20-5-3-4-19(14)20/h3-13,21H,1-2H3/b7-6+. The van der Waals surface area contributed by atoms with E-state index in [0.717, 1.165) is 5.56 Å². The number of aryl methyl sites for hydroxylation is 2. The van der Waals surface area contributed by atoms with E-state index < -0.39 is 0 Å². The van der Waals surface area contributed by atoms with Crippen molar-refractivity contribution in [3.8, 4) is 16.9 Å². The Bertz CT molecular complexity index is 730. The summed E-state index contributed by atoms with van der Waals surface area (Å²) in [6.07, 6.45) is 4.18. The van der Waals surface area contributed by atoms with Gasteiger partial charge in [0.05, 0.1) is 0 Å². The second-order valence-electron chi connectivity index (χ2n) is 5.43. The maximum absolute atomic E-state index is 9.31. The van der Waals surface area contributed by atoms with Crippen LogP contribution in [0.5, 0.6) is 5.75 Å². The van der Waals surface area contributed by atoms with Crippen molar-refractivity contribution in [1.82, 2.24) is 0 Å². The van der Waals surface area contributed by atoms with Crippen LogP contribution in [-0.2, 0) is 0 Å². The first-order valence-corrected chi connectivity index (χ1v) is 7.10. The van der Waals surface area contributed by atoms with E-state index in [0.29, 0.717) is 5.75 Å². The summed E-state index contributed by atoms with van der Waals surface area (Å²) in [6.45, 7) is 4.30. The average Bonchev–Trinajstić information content (AvgIpc) is 2.92. The van der Waals surface area contributed by atoms with Gasteiger partial charge in [-0.2, -0.15) is 0 Å². The molecule has 0 atom stereocenters. The molecule has 1 aromatic carbocycles. The van der Waals surface area contributed by atoms with Gasteiger partial charge in [0.1, 0.15) is 5.75 Å². The molecule has 0 aliphatic heterocycles. The molecule has 1 nitrogen and oxygen atoms in total. The van der Waals surface area contributed by atoms with Gasteiger partial charge in [0.2, 0.25) is 0 Å². The van der Waals surface area contributed by atoms with Gasteiger partial charge < -0.3 is 5.11 Å². The van der Waals surface area contributed by atoms with Crippen LogP contribution in [0, 0.1) is 13.8 Å². The summed E-state index contributed by atoms with van der Waals surface area (Å²) in [4.78, 5) is 0. The molecule has 2 aliphatic carbocycles. The lowest BCUT2D eigenvalue weighted by Crippen LogP contribution is -1.75. The third kappa shape index (κ3) is 2.82. The van der Waals surface area contributed by atoms with Gasteiger partial charge in [-0.1, -0.05) is 54.6 Å². The highest BCUT2D eigenvalue weighted by molar-refractivity contribution is 5.77. The predicted octanol–water partition coefficient (Wildman–Crippen LogP) is 5.28. The molecule has 104 valence electrons. The molecule has 3 rings (SSSR count). The number of phenolic OH excluding ortho intramolecular Hbond substituents is 1. The molecule has 1 heteroatoms. The van der Waals surface area contributed by atoms with E-state index in [4.69, 9.17) is 0 Å². The second-order valence-corrected chi connectivity index (χ2v) is 5.43. The molecule has 0 saturated heterocycles. The first kappa shape index (κ1) is 13.4. The van der Waals surface area contributed by atoms with Crippen molar-refractivity contribution < 1.29 is 5.11 Å². The number of aromatic hydroxyl groups is 1. The zero-order valence-corrected chi connectivity index (χ0v) is 12.3. The van der Waals surface area contributed by atoms with E-state index in [1.54, 1.807) is 12.1 Å². The van der Waals surface area contributed by atoms with Crippen LogP contribution in [-0.4, -0.2) is 5.11 Å². The van der Waals surface area contributed by atoms with Gasteiger partial charge in [-0.05, 0) is 59.4 Å². The zero-order chi connectivity index (χ0) is 14.8.